The maximum Gasteiger partial charge on any atom is 0.0367 e. The van der Waals surface area contributed by atoms with Gasteiger partial charge in [0, 0.05) is 43.8 Å². The second-order valence-electron chi connectivity index (χ2n) is 9.05. The van der Waals surface area contributed by atoms with Gasteiger partial charge in [-0.25, -0.2) is 0 Å². The summed E-state index contributed by atoms with van der Waals surface area (Å²) in [5.74, 6) is 0. The lowest BCUT2D eigenvalue weighted by Crippen LogP contribution is -2.48. The average Bonchev–Trinajstić information content (AvgIpc) is 3.28. The van der Waals surface area contributed by atoms with Gasteiger partial charge >= 0.3 is 0 Å². The molecule has 0 spiro atoms. The highest BCUT2D eigenvalue weighted by Crippen LogP contribution is 2.78. The maximum atomic E-state index is 2.69. The molecule has 1 aliphatic carbocycles. The SMILES string of the molecule is CC.CC.CC.CC.CC1(C)[C@](C)(CN2CCN(c3ccccc3)CC2)[C@@]1(C)c1ccccc1. The Morgan fingerprint density at radius 3 is 1.44 bits per heavy atom. The molecule has 0 N–H and O–H groups in total. The quantitative estimate of drug-likeness (QED) is 0.442. The summed E-state index contributed by atoms with van der Waals surface area (Å²) in [6, 6.07) is 22.0. The summed E-state index contributed by atoms with van der Waals surface area (Å²) in [4.78, 5) is 5.21. The van der Waals surface area contributed by atoms with Crippen LogP contribution in [0.5, 0.6) is 0 Å². The zero-order valence-corrected chi connectivity index (χ0v) is 24.7. The average molecular weight is 469 g/mol. The summed E-state index contributed by atoms with van der Waals surface area (Å²) in [6.45, 7) is 31.7. The van der Waals surface area contributed by atoms with Crippen LogP contribution in [0.15, 0.2) is 60.7 Å². The maximum absolute atomic E-state index is 2.69. The Labute approximate surface area is 213 Å². The van der Waals surface area contributed by atoms with Gasteiger partial charge in [-0.15, -0.1) is 0 Å². The predicted octanol–water partition coefficient (Wildman–Crippen LogP) is 8.92. The number of rotatable bonds is 4. The van der Waals surface area contributed by atoms with Gasteiger partial charge in [0.25, 0.3) is 0 Å². The Balaban J connectivity index is 0.00000124. The molecule has 1 saturated carbocycles. The van der Waals surface area contributed by atoms with E-state index in [1.807, 2.05) is 55.4 Å². The molecule has 194 valence electrons. The van der Waals surface area contributed by atoms with Crippen molar-refractivity contribution in [2.45, 2.75) is 88.5 Å². The lowest BCUT2D eigenvalue weighted by atomic mass is 9.87. The van der Waals surface area contributed by atoms with Crippen LogP contribution in [0, 0.1) is 10.8 Å². The molecule has 1 heterocycles. The molecule has 2 nitrogen and oxygen atoms in total. The summed E-state index contributed by atoms with van der Waals surface area (Å²) in [6.07, 6.45) is 0. The molecule has 34 heavy (non-hydrogen) atoms. The molecule has 2 aromatic rings. The zero-order valence-electron chi connectivity index (χ0n) is 24.7. The van der Waals surface area contributed by atoms with E-state index in [0.29, 0.717) is 10.8 Å². The summed E-state index contributed by atoms with van der Waals surface area (Å²) >= 11 is 0. The fraction of sp³-hybridized carbons (Fsp3) is 0.625. The van der Waals surface area contributed by atoms with Gasteiger partial charge in [0.2, 0.25) is 0 Å². The monoisotopic (exact) mass is 468 g/mol. The van der Waals surface area contributed by atoms with Crippen molar-refractivity contribution < 1.29 is 0 Å². The molecular formula is C32H56N2. The molecule has 2 atom stereocenters. The Bertz CT molecular complexity index is 747. The van der Waals surface area contributed by atoms with Gasteiger partial charge in [-0.1, -0.05) is 132 Å². The summed E-state index contributed by atoms with van der Waals surface area (Å²) in [7, 11) is 0. The summed E-state index contributed by atoms with van der Waals surface area (Å²) < 4.78 is 0. The van der Waals surface area contributed by atoms with E-state index in [9.17, 15) is 0 Å². The van der Waals surface area contributed by atoms with Crippen molar-refractivity contribution in [3.05, 3.63) is 66.2 Å². The first-order chi connectivity index (χ1) is 16.4. The molecular weight excluding hydrogens is 412 g/mol. The second-order valence-corrected chi connectivity index (χ2v) is 9.05. The zero-order chi connectivity index (χ0) is 26.4. The fourth-order valence-electron chi connectivity index (χ4n) is 5.50. The van der Waals surface area contributed by atoms with Gasteiger partial charge < -0.3 is 4.90 Å². The minimum atomic E-state index is 0.248. The first-order valence-electron chi connectivity index (χ1n) is 14.0. The molecule has 0 aromatic heterocycles. The van der Waals surface area contributed by atoms with Crippen molar-refractivity contribution in [2.24, 2.45) is 10.8 Å². The highest BCUT2D eigenvalue weighted by atomic mass is 15.3. The number of hydrogen-bond acceptors (Lipinski definition) is 2. The minimum Gasteiger partial charge on any atom is -0.369 e. The van der Waals surface area contributed by atoms with E-state index in [-0.39, 0.29) is 5.41 Å². The van der Waals surface area contributed by atoms with Crippen LogP contribution in [0.25, 0.3) is 0 Å². The molecule has 2 aliphatic rings. The van der Waals surface area contributed by atoms with Crippen LogP contribution in [-0.2, 0) is 5.41 Å². The van der Waals surface area contributed by atoms with Crippen molar-refractivity contribution in [2.75, 3.05) is 37.6 Å². The molecule has 0 radical (unpaired) electrons. The van der Waals surface area contributed by atoms with Crippen molar-refractivity contribution in [1.29, 1.82) is 0 Å². The minimum absolute atomic E-state index is 0.248. The first-order valence-corrected chi connectivity index (χ1v) is 14.0. The standard InChI is InChI=1S/C24H32N2.4C2H6/c1-22(2)23(3,24(22,4)20-11-7-5-8-12-20)19-25-15-17-26(18-16-25)21-13-9-6-10-14-21;4*1-2/h5-14H,15-19H2,1-4H3;4*1-2H3/t23-,24-;;;;/m0..../s1. The van der Waals surface area contributed by atoms with E-state index < -0.39 is 0 Å². The number of hydrogen-bond donors (Lipinski definition) is 0. The van der Waals surface area contributed by atoms with Crippen molar-refractivity contribution >= 4 is 5.69 Å². The molecule has 0 amide bonds. The number of para-hydroxylation sites is 1. The van der Waals surface area contributed by atoms with Gasteiger partial charge in [0.1, 0.15) is 0 Å². The highest BCUT2D eigenvalue weighted by molar-refractivity contribution is 5.47. The molecule has 2 heteroatoms. The Morgan fingerprint density at radius 1 is 0.588 bits per heavy atom. The molecule has 2 aromatic carbocycles. The predicted molar refractivity (Wildman–Crippen MR) is 156 cm³/mol. The van der Waals surface area contributed by atoms with Crippen LogP contribution < -0.4 is 4.90 Å². The molecule has 0 unspecified atom stereocenters. The molecule has 2 fully saturated rings. The van der Waals surface area contributed by atoms with E-state index in [1.165, 1.54) is 17.8 Å². The van der Waals surface area contributed by atoms with E-state index in [4.69, 9.17) is 0 Å². The van der Waals surface area contributed by atoms with Gasteiger partial charge in [-0.3, -0.25) is 4.90 Å². The normalized spacial score (nSPS) is 24.4. The third kappa shape index (κ3) is 6.25. The molecule has 4 rings (SSSR count). The highest BCUT2D eigenvalue weighted by Gasteiger charge is 2.77. The molecule has 1 saturated heterocycles. The third-order valence-electron chi connectivity index (χ3n) is 8.06. The van der Waals surface area contributed by atoms with Crippen LogP contribution in [-0.4, -0.2) is 37.6 Å². The van der Waals surface area contributed by atoms with E-state index in [1.54, 1.807) is 0 Å². The lowest BCUT2D eigenvalue weighted by Gasteiger charge is -2.38. The number of anilines is 1. The topological polar surface area (TPSA) is 6.48 Å². The van der Waals surface area contributed by atoms with E-state index in [2.05, 4.69) is 98.2 Å². The van der Waals surface area contributed by atoms with Gasteiger partial charge in [0.05, 0.1) is 0 Å². The number of nitrogens with zero attached hydrogens (tertiary/aromatic N) is 2. The summed E-state index contributed by atoms with van der Waals surface area (Å²) in [5, 5.41) is 0. The van der Waals surface area contributed by atoms with Crippen LogP contribution in [0.1, 0.15) is 88.6 Å². The number of piperazine rings is 1. The fourth-order valence-corrected chi connectivity index (χ4v) is 5.50. The molecule has 0 bridgehead atoms. The van der Waals surface area contributed by atoms with Crippen LogP contribution in [0.4, 0.5) is 5.69 Å². The Kier molecular flexibility index (Phi) is 14.4. The van der Waals surface area contributed by atoms with Gasteiger partial charge in [-0.05, 0) is 28.5 Å². The van der Waals surface area contributed by atoms with Crippen molar-refractivity contribution in [1.82, 2.24) is 4.90 Å². The second kappa shape index (κ2) is 15.2. The smallest absolute Gasteiger partial charge is 0.0367 e. The van der Waals surface area contributed by atoms with Gasteiger partial charge in [-0.2, -0.15) is 0 Å². The Morgan fingerprint density at radius 2 is 1.00 bits per heavy atom. The van der Waals surface area contributed by atoms with Crippen LogP contribution in [0.3, 0.4) is 0 Å². The number of benzene rings is 2. The van der Waals surface area contributed by atoms with Crippen molar-refractivity contribution in [3.63, 3.8) is 0 Å². The first kappa shape index (κ1) is 32.2. The Hall–Kier alpha value is -1.80. The van der Waals surface area contributed by atoms with E-state index >= 15 is 0 Å². The van der Waals surface area contributed by atoms with Crippen LogP contribution in [0.2, 0.25) is 0 Å². The largest absolute Gasteiger partial charge is 0.369 e. The van der Waals surface area contributed by atoms with Crippen molar-refractivity contribution in [3.8, 4) is 0 Å². The van der Waals surface area contributed by atoms with Gasteiger partial charge in [0.15, 0.2) is 0 Å². The van der Waals surface area contributed by atoms with E-state index in [0.717, 1.165) is 26.2 Å². The third-order valence-corrected chi connectivity index (χ3v) is 8.06. The lowest BCUT2D eigenvalue weighted by molar-refractivity contribution is 0.190. The summed E-state index contributed by atoms with van der Waals surface area (Å²) in [5.41, 5.74) is 3.74. The van der Waals surface area contributed by atoms with Crippen LogP contribution >= 0.6 is 0 Å². The molecule has 1 aliphatic heterocycles.